The fraction of sp³-hybridized carbons (Fsp3) is 0.423. The van der Waals surface area contributed by atoms with E-state index in [2.05, 4.69) is 29.8 Å². The maximum Gasteiger partial charge on any atom is 0.338 e. The zero-order valence-corrected chi connectivity index (χ0v) is 19.5. The summed E-state index contributed by atoms with van der Waals surface area (Å²) in [6.07, 6.45) is 1.43. The number of amides is 2. The highest BCUT2D eigenvalue weighted by atomic mass is 16.5. The van der Waals surface area contributed by atoms with Gasteiger partial charge in [0.25, 0.3) is 0 Å². The Bertz CT molecular complexity index is 1080. The normalized spacial score (nSPS) is 23.5. The van der Waals surface area contributed by atoms with E-state index in [-0.39, 0.29) is 17.9 Å². The molecule has 2 aromatic rings. The van der Waals surface area contributed by atoms with Crippen LogP contribution in [0.2, 0.25) is 0 Å². The van der Waals surface area contributed by atoms with Crippen molar-refractivity contribution in [2.75, 3.05) is 17.2 Å². The summed E-state index contributed by atoms with van der Waals surface area (Å²) in [5, 5.41) is 9.49. The molecular weight excluding hydrogens is 418 g/mol. The predicted octanol–water partition coefficient (Wildman–Crippen LogP) is 3.98. The molecule has 7 heteroatoms. The van der Waals surface area contributed by atoms with Crippen molar-refractivity contribution in [1.29, 1.82) is 0 Å². The molecule has 2 heterocycles. The van der Waals surface area contributed by atoms with Crippen LogP contribution < -0.4 is 16.0 Å². The molecule has 2 aromatic carbocycles. The number of aryl methyl sites for hydroxylation is 1. The molecule has 2 amide bonds. The number of hydrogen-bond donors (Lipinski definition) is 3. The Kier molecular flexibility index (Phi) is 6.26. The summed E-state index contributed by atoms with van der Waals surface area (Å²) in [7, 11) is 0. The van der Waals surface area contributed by atoms with E-state index >= 15 is 0 Å². The molecule has 3 N–H and O–H groups in total. The van der Waals surface area contributed by atoms with Gasteiger partial charge in [0.05, 0.1) is 18.1 Å². The van der Waals surface area contributed by atoms with Crippen LogP contribution in [0.5, 0.6) is 0 Å². The minimum absolute atomic E-state index is 0.0455. The second-order valence-electron chi connectivity index (χ2n) is 9.36. The quantitative estimate of drug-likeness (QED) is 0.580. The van der Waals surface area contributed by atoms with Gasteiger partial charge in [0.15, 0.2) is 0 Å². The van der Waals surface area contributed by atoms with Gasteiger partial charge in [-0.2, -0.15) is 0 Å². The maximum atomic E-state index is 13.5. The molecule has 0 unspecified atom stereocenters. The Balaban J connectivity index is 1.63. The van der Waals surface area contributed by atoms with Crippen molar-refractivity contribution in [2.24, 2.45) is 11.8 Å². The van der Waals surface area contributed by atoms with Crippen molar-refractivity contribution in [3.8, 4) is 0 Å². The molecule has 3 atom stereocenters. The molecule has 174 valence electrons. The number of benzene rings is 2. The van der Waals surface area contributed by atoms with Crippen LogP contribution in [0.15, 0.2) is 42.5 Å². The Morgan fingerprint density at radius 3 is 2.58 bits per heavy atom. The van der Waals surface area contributed by atoms with Crippen LogP contribution in [-0.4, -0.2) is 30.4 Å². The molecular formula is C26H31N3O4. The number of carbonyl (C=O) groups is 3. The van der Waals surface area contributed by atoms with Crippen LogP contribution in [0.4, 0.5) is 11.4 Å². The van der Waals surface area contributed by atoms with E-state index in [1.54, 1.807) is 31.2 Å². The zero-order chi connectivity index (χ0) is 23.8. The highest BCUT2D eigenvalue weighted by Gasteiger charge is 2.60. The maximum absolute atomic E-state index is 13.5. The first kappa shape index (κ1) is 23.0. The molecule has 0 radical (unpaired) electrons. The first-order valence-electron chi connectivity index (χ1n) is 11.5. The SMILES string of the molecule is CCOC(=O)c1ccc(NC(=O)[C@H]2C[C@@H](CC(C)C)N[C@]23C(=O)Nc2ccc(C)cc23)cc1. The lowest BCUT2D eigenvalue weighted by molar-refractivity contribution is -0.130. The molecule has 1 spiro atoms. The fourth-order valence-corrected chi connectivity index (χ4v) is 5.03. The molecule has 1 fully saturated rings. The number of fused-ring (bicyclic) bond motifs is 2. The van der Waals surface area contributed by atoms with Crippen LogP contribution in [0.25, 0.3) is 0 Å². The average molecular weight is 450 g/mol. The molecule has 1 saturated heterocycles. The predicted molar refractivity (Wildman–Crippen MR) is 127 cm³/mol. The van der Waals surface area contributed by atoms with Crippen molar-refractivity contribution < 1.29 is 19.1 Å². The fourth-order valence-electron chi connectivity index (χ4n) is 5.03. The molecule has 0 aliphatic carbocycles. The summed E-state index contributed by atoms with van der Waals surface area (Å²) in [4.78, 5) is 38.8. The smallest absolute Gasteiger partial charge is 0.338 e. The van der Waals surface area contributed by atoms with Gasteiger partial charge in [0.2, 0.25) is 11.8 Å². The minimum atomic E-state index is -1.10. The van der Waals surface area contributed by atoms with E-state index in [1.807, 2.05) is 25.1 Å². The van der Waals surface area contributed by atoms with E-state index < -0.39 is 17.4 Å². The average Bonchev–Trinajstić information content (AvgIpc) is 3.27. The van der Waals surface area contributed by atoms with Crippen molar-refractivity contribution >= 4 is 29.2 Å². The third kappa shape index (κ3) is 4.25. The molecule has 4 rings (SSSR count). The summed E-state index contributed by atoms with van der Waals surface area (Å²) >= 11 is 0. The van der Waals surface area contributed by atoms with Gasteiger partial charge >= 0.3 is 5.97 Å². The summed E-state index contributed by atoms with van der Waals surface area (Å²) < 4.78 is 5.01. The van der Waals surface area contributed by atoms with Gasteiger partial charge in [0, 0.05) is 23.0 Å². The molecule has 33 heavy (non-hydrogen) atoms. The number of hydrogen-bond acceptors (Lipinski definition) is 5. The van der Waals surface area contributed by atoms with Gasteiger partial charge in [-0.15, -0.1) is 0 Å². The number of carbonyl (C=O) groups excluding carboxylic acids is 3. The van der Waals surface area contributed by atoms with E-state index in [1.165, 1.54) is 0 Å². The third-order valence-electron chi connectivity index (χ3n) is 6.42. The van der Waals surface area contributed by atoms with Crippen LogP contribution in [0.1, 0.15) is 55.1 Å². The van der Waals surface area contributed by atoms with E-state index in [0.29, 0.717) is 30.2 Å². The number of rotatable bonds is 6. The summed E-state index contributed by atoms with van der Waals surface area (Å²) in [6, 6.07) is 12.5. The number of ether oxygens (including phenoxy) is 1. The Labute approximate surface area is 194 Å². The van der Waals surface area contributed by atoms with Gasteiger partial charge in [-0.3, -0.25) is 14.9 Å². The second-order valence-corrected chi connectivity index (χ2v) is 9.36. The largest absolute Gasteiger partial charge is 0.462 e. The van der Waals surface area contributed by atoms with Crippen LogP contribution in [0, 0.1) is 18.8 Å². The van der Waals surface area contributed by atoms with E-state index in [4.69, 9.17) is 4.74 Å². The van der Waals surface area contributed by atoms with E-state index in [9.17, 15) is 14.4 Å². The number of nitrogens with one attached hydrogen (secondary N) is 3. The number of esters is 1. The minimum Gasteiger partial charge on any atom is -0.462 e. The third-order valence-corrected chi connectivity index (χ3v) is 6.42. The standard InChI is InChI=1S/C26H31N3O4/c1-5-33-24(31)17-7-9-18(10-8-17)27-23(30)21-14-19(12-15(2)3)29-26(21)20-13-16(4)6-11-22(20)28-25(26)32/h6-11,13,15,19,21,29H,5,12,14H2,1-4H3,(H,27,30)(H,28,32)/t19-,21-,26+/m1/s1. The lowest BCUT2D eigenvalue weighted by Crippen LogP contribution is -2.52. The van der Waals surface area contributed by atoms with Gasteiger partial charge < -0.3 is 15.4 Å². The van der Waals surface area contributed by atoms with Gasteiger partial charge in [-0.05, 0) is 62.9 Å². The Hall–Kier alpha value is -3.19. The lowest BCUT2D eigenvalue weighted by atomic mass is 9.79. The Morgan fingerprint density at radius 1 is 1.18 bits per heavy atom. The Morgan fingerprint density at radius 2 is 1.91 bits per heavy atom. The molecule has 2 aliphatic heterocycles. The van der Waals surface area contributed by atoms with Crippen molar-refractivity contribution in [2.45, 2.75) is 52.1 Å². The van der Waals surface area contributed by atoms with Crippen LogP contribution >= 0.6 is 0 Å². The zero-order valence-electron chi connectivity index (χ0n) is 19.5. The number of anilines is 2. The molecule has 2 aliphatic rings. The molecule has 7 nitrogen and oxygen atoms in total. The second kappa shape index (κ2) is 8.98. The molecule has 0 bridgehead atoms. The van der Waals surface area contributed by atoms with Gasteiger partial charge in [-0.25, -0.2) is 4.79 Å². The summed E-state index contributed by atoms with van der Waals surface area (Å²) in [6.45, 7) is 8.31. The highest BCUT2D eigenvalue weighted by Crippen LogP contribution is 2.48. The van der Waals surface area contributed by atoms with Crippen molar-refractivity contribution in [3.05, 3.63) is 59.2 Å². The first-order chi connectivity index (χ1) is 15.7. The van der Waals surface area contributed by atoms with Crippen molar-refractivity contribution in [1.82, 2.24) is 5.32 Å². The topological polar surface area (TPSA) is 96.5 Å². The van der Waals surface area contributed by atoms with Crippen LogP contribution in [0.3, 0.4) is 0 Å². The van der Waals surface area contributed by atoms with E-state index in [0.717, 1.165) is 23.2 Å². The van der Waals surface area contributed by atoms with Crippen LogP contribution in [-0.2, 0) is 19.9 Å². The van der Waals surface area contributed by atoms with Gasteiger partial charge in [-0.1, -0.05) is 31.5 Å². The molecule has 0 saturated carbocycles. The van der Waals surface area contributed by atoms with Crippen molar-refractivity contribution in [3.63, 3.8) is 0 Å². The lowest BCUT2D eigenvalue weighted by Gasteiger charge is -2.29. The molecule has 0 aromatic heterocycles. The summed E-state index contributed by atoms with van der Waals surface area (Å²) in [5.41, 5.74) is 2.50. The summed E-state index contributed by atoms with van der Waals surface area (Å²) in [5.74, 6) is -0.956. The monoisotopic (exact) mass is 449 g/mol. The van der Waals surface area contributed by atoms with Gasteiger partial charge in [0.1, 0.15) is 5.54 Å². The first-order valence-corrected chi connectivity index (χ1v) is 11.5. The highest BCUT2D eigenvalue weighted by molar-refractivity contribution is 6.10.